The number of primary amides is 1. The van der Waals surface area contributed by atoms with Crippen molar-refractivity contribution in [1.29, 1.82) is 0 Å². The summed E-state index contributed by atoms with van der Waals surface area (Å²) >= 11 is 0.623. The lowest BCUT2D eigenvalue weighted by molar-refractivity contribution is -0.394. The molecule has 2 amide bonds. The van der Waals surface area contributed by atoms with Gasteiger partial charge in [-0.3, -0.25) is 9.59 Å². The molecular weight excluding hydrogens is 555 g/mol. The number of carbonyl (C=O) groups is 2. The Bertz CT molecular complexity index is 1790. The Hall–Kier alpha value is -5.19. The van der Waals surface area contributed by atoms with Crippen molar-refractivity contribution < 1.29 is 27.7 Å². The number of fused-ring (bicyclic) bond motifs is 1. The minimum Gasteiger partial charge on any atom is -0.390 e. The number of pyridine rings is 1. The van der Waals surface area contributed by atoms with E-state index in [-0.39, 0.29) is 38.7 Å². The first-order valence-corrected chi connectivity index (χ1v) is 12.0. The van der Waals surface area contributed by atoms with E-state index in [1.807, 2.05) is 6.92 Å². The Balaban J connectivity index is 1.55. The third-order valence-electron chi connectivity index (χ3n) is 5.63. The number of amides is 2. The highest BCUT2D eigenvalue weighted by Crippen LogP contribution is 2.43. The molecule has 0 saturated carbocycles. The summed E-state index contributed by atoms with van der Waals surface area (Å²) in [5, 5.41) is 21.2. The van der Waals surface area contributed by atoms with Gasteiger partial charge in [0.05, 0.1) is 5.69 Å². The summed E-state index contributed by atoms with van der Waals surface area (Å²) in [7, 11) is 0. The maximum atomic E-state index is 13.7. The van der Waals surface area contributed by atoms with Crippen LogP contribution >= 0.6 is 11.3 Å². The van der Waals surface area contributed by atoms with Crippen molar-refractivity contribution >= 4 is 45.0 Å². The van der Waals surface area contributed by atoms with Gasteiger partial charge < -0.3 is 21.2 Å². The Kier molecular flexibility index (Phi) is 6.50. The zero-order valence-electron chi connectivity index (χ0n) is 20.2. The molecule has 17 heteroatoms. The van der Waals surface area contributed by atoms with Crippen molar-refractivity contribution in [3.8, 4) is 11.1 Å². The Labute approximate surface area is 225 Å². The summed E-state index contributed by atoms with van der Waals surface area (Å²) in [4.78, 5) is 42.3. The number of nitrogens with one attached hydrogen (secondary N) is 1. The van der Waals surface area contributed by atoms with Gasteiger partial charge in [0.25, 0.3) is 11.8 Å². The molecular formula is C23H16F3N9O4S. The number of nitrogens with two attached hydrogens (primary N) is 1. The highest BCUT2D eigenvalue weighted by molar-refractivity contribution is 7.21. The quantitative estimate of drug-likeness (QED) is 0.219. The molecule has 0 aliphatic carbocycles. The zero-order valence-corrected chi connectivity index (χ0v) is 21.0. The van der Waals surface area contributed by atoms with Crippen molar-refractivity contribution in [3.63, 3.8) is 0 Å². The fourth-order valence-electron chi connectivity index (χ4n) is 3.82. The molecule has 4 aromatic heterocycles. The number of aromatic nitrogens is 6. The molecule has 5 rings (SSSR count). The summed E-state index contributed by atoms with van der Waals surface area (Å²) in [6.07, 6.45) is -2.26. The maximum Gasteiger partial charge on any atom is 0.491 e. The van der Waals surface area contributed by atoms with Crippen LogP contribution in [0.4, 0.5) is 24.8 Å². The summed E-state index contributed by atoms with van der Waals surface area (Å²) < 4.78 is 43.5. The van der Waals surface area contributed by atoms with E-state index in [0.29, 0.717) is 16.9 Å². The van der Waals surface area contributed by atoms with E-state index in [0.717, 1.165) is 22.6 Å². The van der Waals surface area contributed by atoms with E-state index >= 15 is 0 Å². The van der Waals surface area contributed by atoms with Gasteiger partial charge in [-0.25, -0.2) is 9.67 Å². The van der Waals surface area contributed by atoms with Crippen LogP contribution in [0.2, 0.25) is 0 Å². The van der Waals surface area contributed by atoms with Crippen molar-refractivity contribution in [1.82, 2.24) is 29.5 Å². The van der Waals surface area contributed by atoms with Crippen LogP contribution < -0.4 is 11.1 Å². The number of anilines is 1. The first-order valence-electron chi connectivity index (χ1n) is 11.2. The summed E-state index contributed by atoms with van der Waals surface area (Å²) in [5.74, 6) is -2.37. The van der Waals surface area contributed by atoms with E-state index in [9.17, 15) is 32.9 Å². The van der Waals surface area contributed by atoms with Crippen molar-refractivity contribution in [2.45, 2.75) is 19.8 Å². The van der Waals surface area contributed by atoms with E-state index in [2.05, 4.69) is 25.5 Å². The number of halogens is 3. The monoisotopic (exact) mass is 571 g/mol. The Morgan fingerprint density at radius 3 is 2.50 bits per heavy atom. The zero-order chi connectivity index (χ0) is 28.8. The van der Waals surface area contributed by atoms with Crippen LogP contribution in [0, 0.1) is 17.0 Å². The Morgan fingerprint density at radius 1 is 1.15 bits per heavy atom. The third-order valence-corrected chi connectivity index (χ3v) is 6.73. The van der Waals surface area contributed by atoms with Crippen LogP contribution in [0.1, 0.15) is 31.4 Å². The van der Waals surface area contributed by atoms with Gasteiger partial charge >= 0.3 is 12.1 Å². The molecule has 0 unspecified atom stereocenters. The van der Waals surface area contributed by atoms with Crippen LogP contribution in [-0.4, -0.2) is 46.3 Å². The minimum atomic E-state index is -4.77. The second-order valence-corrected chi connectivity index (χ2v) is 9.45. The van der Waals surface area contributed by atoms with Crippen LogP contribution in [0.15, 0.2) is 48.9 Å². The number of hydrogen-bond donors (Lipinski definition) is 2. The van der Waals surface area contributed by atoms with Crippen LogP contribution in [0.25, 0.3) is 21.3 Å². The topological polar surface area (TPSA) is 177 Å². The average molecular weight is 572 g/mol. The molecule has 3 N–H and O–H groups in total. The molecule has 4 heterocycles. The van der Waals surface area contributed by atoms with E-state index in [1.54, 1.807) is 24.3 Å². The molecule has 0 aliphatic rings. The predicted octanol–water partition coefficient (Wildman–Crippen LogP) is 3.84. The summed E-state index contributed by atoms with van der Waals surface area (Å²) in [6, 6.07) is 8.85. The smallest absolute Gasteiger partial charge is 0.390 e. The van der Waals surface area contributed by atoms with Gasteiger partial charge in [0.1, 0.15) is 15.4 Å². The number of aryl methyl sites for hydroxylation is 1. The van der Waals surface area contributed by atoms with Gasteiger partial charge in [-0.05, 0) is 35.1 Å². The van der Waals surface area contributed by atoms with E-state index in [1.165, 1.54) is 16.9 Å². The first-order chi connectivity index (χ1) is 18.9. The van der Waals surface area contributed by atoms with Gasteiger partial charge in [0, 0.05) is 16.7 Å². The summed E-state index contributed by atoms with van der Waals surface area (Å²) in [6.45, 7) is 1.71. The van der Waals surface area contributed by atoms with Gasteiger partial charge in [0.2, 0.25) is 6.33 Å². The normalized spacial score (nSPS) is 11.6. The Morgan fingerprint density at radius 2 is 1.88 bits per heavy atom. The molecule has 0 bridgehead atoms. The summed E-state index contributed by atoms with van der Waals surface area (Å²) in [5.41, 5.74) is 5.50. The molecule has 13 nitrogen and oxygen atoms in total. The lowest BCUT2D eigenvalue weighted by Gasteiger charge is -2.12. The van der Waals surface area contributed by atoms with Gasteiger partial charge in [0.15, 0.2) is 12.4 Å². The molecule has 5 aromatic rings. The van der Waals surface area contributed by atoms with Crippen molar-refractivity contribution in [3.05, 3.63) is 80.9 Å². The highest BCUT2D eigenvalue weighted by atomic mass is 32.1. The molecule has 0 aliphatic heterocycles. The molecule has 0 spiro atoms. The second-order valence-electron chi connectivity index (χ2n) is 8.45. The fourth-order valence-corrected chi connectivity index (χ4v) is 4.83. The molecule has 0 atom stereocenters. The van der Waals surface area contributed by atoms with E-state index < -0.39 is 34.6 Å². The molecule has 0 radical (unpaired) electrons. The molecule has 1 aromatic carbocycles. The molecule has 0 fully saturated rings. The number of carbonyl (C=O) groups excluding carboxylic acids is 2. The SMILES string of the molecule is Cc1ccc(-c2cc(C(F)(F)F)nc3sc(C(N)=O)c(NC(=O)c4ccn(Cn5cnc([N+](=O)[O-])n5)n4)c23)cc1. The van der Waals surface area contributed by atoms with Gasteiger partial charge in [-0.15, -0.1) is 11.3 Å². The first kappa shape index (κ1) is 26.4. The lowest BCUT2D eigenvalue weighted by atomic mass is 10.00. The number of nitrogens with zero attached hydrogens (tertiary/aromatic N) is 7. The van der Waals surface area contributed by atoms with Crippen molar-refractivity contribution in [2.75, 3.05) is 5.32 Å². The number of hydrogen-bond acceptors (Lipinski definition) is 9. The predicted molar refractivity (Wildman–Crippen MR) is 136 cm³/mol. The molecule has 204 valence electrons. The van der Waals surface area contributed by atoms with E-state index in [4.69, 9.17) is 5.73 Å². The van der Waals surface area contributed by atoms with Crippen LogP contribution in [-0.2, 0) is 12.8 Å². The lowest BCUT2D eigenvalue weighted by Crippen LogP contribution is -2.18. The van der Waals surface area contributed by atoms with Gasteiger partial charge in [-0.2, -0.15) is 23.0 Å². The highest BCUT2D eigenvalue weighted by Gasteiger charge is 2.35. The fraction of sp³-hybridized carbons (Fsp3) is 0.130. The minimum absolute atomic E-state index is 0.0923. The van der Waals surface area contributed by atoms with Gasteiger partial charge in [-0.1, -0.05) is 34.8 Å². The number of nitro groups is 1. The number of thiophene rings is 1. The second kappa shape index (κ2) is 9.84. The maximum absolute atomic E-state index is 13.7. The molecule has 0 saturated heterocycles. The average Bonchev–Trinajstić information content (AvgIpc) is 3.63. The molecule has 40 heavy (non-hydrogen) atoms. The van der Waals surface area contributed by atoms with Crippen LogP contribution in [0.5, 0.6) is 0 Å². The number of alkyl halides is 3. The largest absolute Gasteiger partial charge is 0.491 e. The standard InChI is InChI=1S/C23H16F3N9O4S/c1-11-2-4-12(5-3-11)13-8-15(23(24,25)26)29-21-16(13)17(18(40-21)19(27)36)30-20(37)14-6-7-33(31-14)10-34-9-28-22(32-34)35(38)39/h2-9H,10H2,1H3,(H2,27,36)(H,30,37). The van der Waals surface area contributed by atoms with Crippen LogP contribution in [0.3, 0.4) is 0 Å². The third kappa shape index (κ3) is 5.08. The number of rotatable bonds is 7. The number of benzene rings is 1. The van der Waals surface area contributed by atoms with Crippen molar-refractivity contribution in [2.24, 2.45) is 5.73 Å².